The van der Waals surface area contributed by atoms with Gasteiger partial charge in [-0.3, -0.25) is 14.4 Å². The maximum Gasteiger partial charge on any atom is 0.306 e. The van der Waals surface area contributed by atoms with Gasteiger partial charge in [-0.05, 0) is 31.1 Å². The van der Waals surface area contributed by atoms with Crippen LogP contribution in [-0.2, 0) is 28.6 Å². The second-order valence-corrected chi connectivity index (χ2v) is 20.2. The molecule has 0 aromatic carbocycles. The third-order valence-electron chi connectivity index (χ3n) is 12.7. The van der Waals surface area contributed by atoms with Gasteiger partial charge < -0.3 is 14.2 Å². The number of carbonyl (C=O) groups excluding carboxylic acids is 3. The fraction of sp³-hybridized carbons (Fsp3) is 0.946. The Bertz CT molecular complexity index is 947. The molecule has 0 amide bonds. The summed E-state index contributed by atoms with van der Waals surface area (Å²) in [5.74, 6) is 0.764. The minimum Gasteiger partial charge on any atom is -0.462 e. The van der Waals surface area contributed by atoms with Crippen LogP contribution in [0.25, 0.3) is 0 Å². The minimum absolute atomic E-state index is 0.0640. The van der Waals surface area contributed by atoms with Crippen LogP contribution in [0.1, 0.15) is 311 Å². The first-order chi connectivity index (χ1) is 30.2. The van der Waals surface area contributed by atoms with Gasteiger partial charge in [0, 0.05) is 19.3 Å². The van der Waals surface area contributed by atoms with Gasteiger partial charge in [0.2, 0.25) is 0 Å². The van der Waals surface area contributed by atoms with Crippen molar-refractivity contribution in [2.75, 3.05) is 13.2 Å². The van der Waals surface area contributed by atoms with E-state index in [-0.39, 0.29) is 31.1 Å². The van der Waals surface area contributed by atoms with Crippen molar-refractivity contribution < 1.29 is 28.6 Å². The van der Waals surface area contributed by atoms with E-state index in [2.05, 4.69) is 34.6 Å². The van der Waals surface area contributed by atoms with E-state index < -0.39 is 6.10 Å². The summed E-state index contributed by atoms with van der Waals surface area (Å²) >= 11 is 0. The number of rotatable bonds is 50. The molecule has 0 unspecified atom stereocenters. The van der Waals surface area contributed by atoms with Crippen LogP contribution in [0.5, 0.6) is 0 Å². The van der Waals surface area contributed by atoms with Crippen LogP contribution < -0.4 is 0 Å². The smallest absolute Gasteiger partial charge is 0.306 e. The summed E-state index contributed by atoms with van der Waals surface area (Å²) in [6.45, 7) is 11.3. The summed E-state index contributed by atoms with van der Waals surface area (Å²) in [5, 5.41) is 0. The van der Waals surface area contributed by atoms with Gasteiger partial charge >= 0.3 is 17.9 Å². The molecule has 0 aliphatic rings. The Hall–Kier alpha value is -1.59. The third kappa shape index (κ3) is 49.4. The highest BCUT2D eigenvalue weighted by Gasteiger charge is 2.19. The number of esters is 3. The Morgan fingerprint density at radius 1 is 0.306 bits per heavy atom. The van der Waals surface area contributed by atoms with E-state index in [1.807, 2.05) is 0 Å². The molecule has 0 aromatic rings. The van der Waals surface area contributed by atoms with E-state index in [0.717, 1.165) is 69.6 Å². The van der Waals surface area contributed by atoms with Crippen LogP contribution in [0.4, 0.5) is 0 Å². The summed E-state index contributed by atoms with van der Waals surface area (Å²) in [5.41, 5.74) is 0. The zero-order valence-corrected chi connectivity index (χ0v) is 42.5. The van der Waals surface area contributed by atoms with Crippen LogP contribution in [0.2, 0.25) is 0 Å². The van der Waals surface area contributed by atoms with Crippen molar-refractivity contribution in [1.82, 2.24) is 0 Å². The summed E-state index contributed by atoms with van der Waals surface area (Å²) in [6.07, 6.45) is 51.1. The van der Waals surface area contributed by atoms with Crippen molar-refractivity contribution in [2.45, 2.75) is 317 Å². The zero-order chi connectivity index (χ0) is 45.4. The Kier molecular flexibility index (Phi) is 47.6. The first-order valence-corrected chi connectivity index (χ1v) is 27.7. The first-order valence-electron chi connectivity index (χ1n) is 27.7. The Labute approximate surface area is 387 Å². The summed E-state index contributed by atoms with van der Waals surface area (Å²) in [7, 11) is 0. The molecular formula is C56H108O6. The highest BCUT2D eigenvalue weighted by Crippen LogP contribution is 2.18. The molecule has 0 saturated carbocycles. The SMILES string of the molecule is CCCCCCCCCCCCCCCCCCCCCC(=O)OC[C@H](COC(=O)CCCCCCCCCCCCCCC(C)C)OC(=O)CCCCCCCCCC(C)C. The van der Waals surface area contributed by atoms with E-state index in [4.69, 9.17) is 14.2 Å². The number of hydrogen-bond donors (Lipinski definition) is 0. The van der Waals surface area contributed by atoms with Gasteiger partial charge in [0.15, 0.2) is 6.10 Å². The van der Waals surface area contributed by atoms with E-state index >= 15 is 0 Å². The lowest BCUT2D eigenvalue weighted by Gasteiger charge is -2.18. The fourth-order valence-electron chi connectivity index (χ4n) is 8.52. The molecule has 0 bridgehead atoms. The van der Waals surface area contributed by atoms with Crippen molar-refractivity contribution in [1.29, 1.82) is 0 Å². The van der Waals surface area contributed by atoms with Gasteiger partial charge in [0.1, 0.15) is 13.2 Å². The quantitative estimate of drug-likeness (QED) is 0.0344. The normalized spacial score (nSPS) is 12.0. The monoisotopic (exact) mass is 877 g/mol. The second kappa shape index (κ2) is 48.9. The average Bonchev–Trinajstić information content (AvgIpc) is 3.24. The van der Waals surface area contributed by atoms with Crippen molar-refractivity contribution in [3.05, 3.63) is 0 Å². The van der Waals surface area contributed by atoms with E-state index in [1.54, 1.807) is 0 Å². The molecule has 0 aliphatic heterocycles. The molecule has 0 spiro atoms. The number of unbranched alkanes of at least 4 members (excludes halogenated alkanes) is 35. The number of hydrogen-bond acceptors (Lipinski definition) is 6. The average molecular weight is 877 g/mol. The van der Waals surface area contributed by atoms with Gasteiger partial charge in [-0.15, -0.1) is 0 Å². The molecule has 368 valence electrons. The molecule has 0 heterocycles. The standard InChI is InChI=1S/C56H108O6/c1-6-7-8-9-10-11-12-13-14-15-16-17-18-19-23-26-31-36-41-46-54(57)60-49-53(62-56(59)48-43-38-33-28-30-35-40-45-52(4)5)50-61-55(58)47-42-37-32-27-24-21-20-22-25-29-34-39-44-51(2)3/h51-53H,6-50H2,1-5H3/t53-/m1/s1. The molecule has 0 rings (SSSR count). The van der Waals surface area contributed by atoms with Crippen LogP contribution in [0, 0.1) is 11.8 Å². The number of ether oxygens (including phenoxy) is 3. The molecule has 6 heteroatoms. The molecule has 0 radical (unpaired) electrons. The zero-order valence-electron chi connectivity index (χ0n) is 42.5. The van der Waals surface area contributed by atoms with E-state index in [1.165, 1.54) is 199 Å². The molecule has 0 N–H and O–H groups in total. The van der Waals surface area contributed by atoms with E-state index in [9.17, 15) is 14.4 Å². The minimum atomic E-state index is -0.762. The Balaban J connectivity index is 4.22. The van der Waals surface area contributed by atoms with Crippen LogP contribution in [0.3, 0.4) is 0 Å². The lowest BCUT2D eigenvalue weighted by atomic mass is 10.0. The fourth-order valence-corrected chi connectivity index (χ4v) is 8.52. The van der Waals surface area contributed by atoms with Gasteiger partial charge in [0.25, 0.3) is 0 Å². The molecule has 0 saturated heterocycles. The predicted molar refractivity (Wildman–Crippen MR) is 266 cm³/mol. The molecule has 1 atom stereocenters. The first kappa shape index (κ1) is 60.4. The lowest BCUT2D eigenvalue weighted by molar-refractivity contribution is -0.167. The van der Waals surface area contributed by atoms with Crippen LogP contribution in [0.15, 0.2) is 0 Å². The van der Waals surface area contributed by atoms with Gasteiger partial charge in [-0.1, -0.05) is 272 Å². The Morgan fingerprint density at radius 2 is 0.532 bits per heavy atom. The van der Waals surface area contributed by atoms with Crippen molar-refractivity contribution in [2.24, 2.45) is 11.8 Å². The molecule has 6 nitrogen and oxygen atoms in total. The molecular weight excluding hydrogens is 769 g/mol. The lowest BCUT2D eigenvalue weighted by Crippen LogP contribution is -2.30. The topological polar surface area (TPSA) is 78.9 Å². The van der Waals surface area contributed by atoms with Gasteiger partial charge in [-0.25, -0.2) is 0 Å². The summed E-state index contributed by atoms with van der Waals surface area (Å²) in [4.78, 5) is 38.0. The highest BCUT2D eigenvalue weighted by molar-refractivity contribution is 5.71. The van der Waals surface area contributed by atoms with E-state index in [0.29, 0.717) is 19.3 Å². The molecule has 0 aromatic heterocycles. The predicted octanol–water partition coefficient (Wildman–Crippen LogP) is 18.1. The van der Waals surface area contributed by atoms with Crippen molar-refractivity contribution >= 4 is 17.9 Å². The van der Waals surface area contributed by atoms with Crippen molar-refractivity contribution in [3.63, 3.8) is 0 Å². The van der Waals surface area contributed by atoms with Crippen LogP contribution >= 0.6 is 0 Å². The maximum atomic E-state index is 12.8. The highest BCUT2D eigenvalue weighted by atomic mass is 16.6. The molecule has 62 heavy (non-hydrogen) atoms. The number of carbonyl (C=O) groups is 3. The maximum absolute atomic E-state index is 12.8. The van der Waals surface area contributed by atoms with Gasteiger partial charge in [-0.2, -0.15) is 0 Å². The van der Waals surface area contributed by atoms with Crippen LogP contribution in [-0.4, -0.2) is 37.2 Å². The Morgan fingerprint density at radius 3 is 0.790 bits per heavy atom. The van der Waals surface area contributed by atoms with Gasteiger partial charge in [0.05, 0.1) is 0 Å². The molecule has 0 aliphatic carbocycles. The summed E-state index contributed by atoms with van der Waals surface area (Å²) in [6, 6.07) is 0. The summed E-state index contributed by atoms with van der Waals surface area (Å²) < 4.78 is 16.8. The third-order valence-corrected chi connectivity index (χ3v) is 12.7. The second-order valence-electron chi connectivity index (χ2n) is 20.2. The molecule has 0 fully saturated rings. The van der Waals surface area contributed by atoms with Crippen molar-refractivity contribution in [3.8, 4) is 0 Å². The largest absolute Gasteiger partial charge is 0.462 e.